The largest absolute Gasteiger partial charge is 0.469 e. The van der Waals surface area contributed by atoms with E-state index in [0.717, 1.165) is 0 Å². The van der Waals surface area contributed by atoms with Gasteiger partial charge in [0, 0.05) is 5.02 Å². The Morgan fingerprint density at radius 3 is 2.79 bits per heavy atom. The van der Waals surface area contributed by atoms with E-state index < -0.39 is 23.9 Å². The van der Waals surface area contributed by atoms with Crippen LogP contribution in [-0.4, -0.2) is 49.9 Å². The predicted molar refractivity (Wildman–Crippen MR) is 87.6 cm³/mol. The molecule has 1 atom stereocenters. The Kier molecular flexibility index (Phi) is 6.16. The molecule has 128 valence electrons. The molecule has 0 aromatic heterocycles. The number of amides is 1. The van der Waals surface area contributed by atoms with E-state index in [1.807, 2.05) is 0 Å². The summed E-state index contributed by atoms with van der Waals surface area (Å²) in [6.45, 7) is 0.117. The van der Waals surface area contributed by atoms with Gasteiger partial charge in [-0.1, -0.05) is 23.2 Å². The van der Waals surface area contributed by atoms with E-state index in [-0.39, 0.29) is 35.8 Å². The van der Waals surface area contributed by atoms with Crippen molar-refractivity contribution in [2.24, 2.45) is 4.99 Å². The van der Waals surface area contributed by atoms with Crippen molar-refractivity contribution in [3.63, 3.8) is 0 Å². The molecule has 2 rings (SSSR count). The highest BCUT2D eigenvalue weighted by atomic mass is 35.5. The Labute approximate surface area is 147 Å². The highest BCUT2D eigenvalue weighted by Crippen LogP contribution is 2.22. The van der Waals surface area contributed by atoms with Crippen LogP contribution in [-0.2, 0) is 19.1 Å². The molecule has 0 saturated carbocycles. The molecule has 0 spiro atoms. The fraction of sp³-hybridized carbons (Fsp3) is 0.333. The Balaban J connectivity index is 2.04. The monoisotopic (exact) mass is 372 g/mol. The summed E-state index contributed by atoms with van der Waals surface area (Å²) in [6, 6.07) is 4.40. The van der Waals surface area contributed by atoms with E-state index in [1.165, 1.54) is 25.3 Å². The van der Waals surface area contributed by atoms with Crippen LogP contribution in [0.15, 0.2) is 23.2 Å². The number of rotatable bonds is 4. The van der Waals surface area contributed by atoms with Gasteiger partial charge in [-0.05, 0) is 18.2 Å². The number of nitrogens with zero attached hydrogens (tertiary/aromatic N) is 1. The third-order valence-electron chi connectivity index (χ3n) is 3.20. The normalized spacial score (nSPS) is 17.4. The predicted octanol–water partition coefficient (Wildman–Crippen LogP) is 1.65. The first-order valence-electron chi connectivity index (χ1n) is 6.95. The van der Waals surface area contributed by atoms with Crippen LogP contribution in [0.5, 0.6) is 0 Å². The third kappa shape index (κ3) is 4.69. The fourth-order valence-corrected chi connectivity index (χ4v) is 2.44. The molecule has 0 saturated heterocycles. The maximum absolute atomic E-state index is 12.2. The number of hydrogen-bond acceptors (Lipinski definition) is 6. The van der Waals surface area contributed by atoms with Crippen molar-refractivity contribution < 1.29 is 23.9 Å². The summed E-state index contributed by atoms with van der Waals surface area (Å²) >= 11 is 11.7. The number of hydrogen-bond donors (Lipinski definition) is 1. The fourth-order valence-electron chi connectivity index (χ4n) is 1.95. The Bertz CT molecular complexity index is 705. The number of methoxy groups -OCH3 is 1. The van der Waals surface area contributed by atoms with Gasteiger partial charge in [0.25, 0.3) is 5.91 Å². The Morgan fingerprint density at radius 2 is 2.12 bits per heavy atom. The number of halogens is 2. The number of carbonyl (C=O) groups excluding carboxylic acids is 3. The van der Waals surface area contributed by atoms with Crippen LogP contribution in [0.3, 0.4) is 0 Å². The lowest BCUT2D eigenvalue weighted by Crippen LogP contribution is -2.36. The van der Waals surface area contributed by atoms with Gasteiger partial charge in [-0.3, -0.25) is 14.6 Å². The minimum Gasteiger partial charge on any atom is -0.469 e. The molecule has 0 aliphatic carbocycles. The molecule has 1 N–H and O–H groups in total. The van der Waals surface area contributed by atoms with Gasteiger partial charge in [0.2, 0.25) is 0 Å². The summed E-state index contributed by atoms with van der Waals surface area (Å²) in [5.74, 6) is -1.72. The number of aliphatic imine (C=N–C) groups is 1. The molecule has 0 bridgehead atoms. The van der Waals surface area contributed by atoms with E-state index in [0.29, 0.717) is 5.02 Å². The van der Waals surface area contributed by atoms with Crippen LogP contribution < -0.4 is 5.32 Å². The number of esters is 2. The Hall–Kier alpha value is -2.12. The molecule has 9 heteroatoms. The molecule has 1 aliphatic heterocycles. The Morgan fingerprint density at radius 1 is 1.38 bits per heavy atom. The van der Waals surface area contributed by atoms with Gasteiger partial charge in [-0.15, -0.1) is 0 Å². The molecule has 1 aromatic carbocycles. The van der Waals surface area contributed by atoms with Crippen molar-refractivity contribution in [1.29, 1.82) is 0 Å². The van der Waals surface area contributed by atoms with Crippen molar-refractivity contribution in [3.8, 4) is 0 Å². The molecule has 1 amide bonds. The van der Waals surface area contributed by atoms with Crippen LogP contribution in [0.2, 0.25) is 10.0 Å². The zero-order chi connectivity index (χ0) is 17.7. The summed E-state index contributed by atoms with van der Waals surface area (Å²) in [7, 11) is 1.22. The second-order valence-corrected chi connectivity index (χ2v) is 5.75. The van der Waals surface area contributed by atoms with Gasteiger partial charge >= 0.3 is 11.9 Å². The second-order valence-electron chi connectivity index (χ2n) is 4.90. The number of benzene rings is 1. The van der Waals surface area contributed by atoms with Gasteiger partial charge in [0.05, 0.1) is 37.2 Å². The minimum absolute atomic E-state index is 0.0323. The first-order valence-corrected chi connectivity index (χ1v) is 7.70. The molecule has 1 heterocycles. The topological polar surface area (TPSA) is 94.1 Å². The van der Waals surface area contributed by atoms with Crippen LogP contribution >= 0.6 is 23.2 Å². The van der Waals surface area contributed by atoms with Crippen molar-refractivity contribution in [1.82, 2.24) is 5.32 Å². The molecule has 24 heavy (non-hydrogen) atoms. The summed E-state index contributed by atoms with van der Waals surface area (Å²) in [4.78, 5) is 39.3. The van der Waals surface area contributed by atoms with Crippen LogP contribution in [0.25, 0.3) is 0 Å². The van der Waals surface area contributed by atoms with Crippen LogP contribution in [0.1, 0.15) is 16.8 Å². The molecule has 0 radical (unpaired) electrons. The smallest absolute Gasteiger partial charge is 0.340 e. The summed E-state index contributed by atoms with van der Waals surface area (Å²) in [5, 5.41) is 3.11. The van der Waals surface area contributed by atoms with Gasteiger partial charge in [0.15, 0.2) is 0 Å². The number of ether oxygens (including phenoxy) is 2. The maximum atomic E-state index is 12.2. The summed E-state index contributed by atoms with van der Waals surface area (Å²) < 4.78 is 9.81. The van der Waals surface area contributed by atoms with E-state index in [1.54, 1.807) is 0 Å². The molecular formula is C15H14Cl2N2O5. The average Bonchev–Trinajstić information content (AvgIpc) is 2.70. The van der Waals surface area contributed by atoms with Crippen molar-refractivity contribution in [2.45, 2.75) is 12.5 Å². The van der Waals surface area contributed by atoms with Crippen molar-refractivity contribution in [3.05, 3.63) is 33.8 Å². The highest BCUT2D eigenvalue weighted by molar-refractivity contribution is 6.41. The lowest BCUT2D eigenvalue weighted by atomic mass is 10.2. The van der Waals surface area contributed by atoms with Gasteiger partial charge in [-0.25, -0.2) is 4.79 Å². The molecule has 0 unspecified atom stereocenters. The SMILES string of the molecule is COC(=O)CC1=NC[C@@H](OC(=O)c2ccc(Cl)cc2Cl)CNC1=O. The van der Waals surface area contributed by atoms with Crippen molar-refractivity contribution in [2.75, 3.05) is 20.2 Å². The molecule has 1 aromatic rings. The average molecular weight is 373 g/mol. The summed E-state index contributed by atoms with van der Waals surface area (Å²) in [5.41, 5.74) is 0.195. The van der Waals surface area contributed by atoms with Gasteiger partial charge < -0.3 is 14.8 Å². The molecule has 7 nitrogen and oxygen atoms in total. The quantitative estimate of drug-likeness (QED) is 0.810. The van der Waals surface area contributed by atoms with Gasteiger partial charge in [0.1, 0.15) is 11.8 Å². The van der Waals surface area contributed by atoms with E-state index in [2.05, 4.69) is 15.0 Å². The maximum Gasteiger partial charge on any atom is 0.340 e. The van der Waals surface area contributed by atoms with E-state index >= 15 is 0 Å². The highest BCUT2D eigenvalue weighted by Gasteiger charge is 2.25. The van der Waals surface area contributed by atoms with E-state index in [4.69, 9.17) is 27.9 Å². The zero-order valence-electron chi connectivity index (χ0n) is 12.7. The van der Waals surface area contributed by atoms with Gasteiger partial charge in [-0.2, -0.15) is 0 Å². The lowest BCUT2D eigenvalue weighted by molar-refractivity contribution is -0.139. The second kappa shape index (κ2) is 8.12. The molecular weight excluding hydrogens is 359 g/mol. The first kappa shape index (κ1) is 18.2. The number of carbonyl (C=O) groups is 3. The molecule has 1 aliphatic rings. The zero-order valence-corrected chi connectivity index (χ0v) is 14.2. The van der Waals surface area contributed by atoms with Crippen LogP contribution in [0, 0.1) is 0 Å². The number of nitrogens with one attached hydrogen (secondary N) is 1. The molecule has 0 fully saturated rings. The standard InChI is InChI=1S/C15H14Cl2N2O5/c1-23-13(20)5-12-14(21)19-7-9(6-18-12)24-15(22)10-3-2-8(16)4-11(10)17/h2-4,9H,5-7H2,1H3,(H,19,21)/t9-/m1/s1. The van der Waals surface area contributed by atoms with E-state index in [9.17, 15) is 14.4 Å². The van der Waals surface area contributed by atoms with Crippen molar-refractivity contribution >= 4 is 46.8 Å². The third-order valence-corrected chi connectivity index (χ3v) is 3.75. The summed E-state index contributed by atoms with van der Waals surface area (Å²) in [6.07, 6.45) is -0.921. The minimum atomic E-state index is -0.677. The lowest BCUT2D eigenvalue weighted by Gasteiger charge is -2.15. The first-order chi connectivity index (χ1) is 11.4. The van der Waals surface area contributed by atoms with Crippen LogP contribution in [0.4, 0.5) is 0 Å².